The average Bonchev–Trinajstić information content (AvgIpc) is 2.61. The number of ether oxygens (including phenoxy) is 1. The molecule has 74 valence electrons. The molecule has 14 heavy (non-hydrogen) atoms. The first kappa shape index (κ1) is 9.59. The summed E-state index contributed by atoms with van der Waals surface area (Å²) < 4.78 is 4.94. The first-order chi connectivity index (χ1) is 6.75. The average molecular weight is 208 g/mol. The summed E-state index contributed by atoms with van der Waals surface area (Å²) in [5.74, 6) is 0.951. The van der Waals surface area contributed by atoms with Crippen LogP contribution in [0.5, 0.6) is 0 Å². The van der Waals surface area contributed by atoms with Gasteiger partial charge >= 0.3 is 5.97 Å². The fourth-order valence-electron chi connectivity index (χ4n) is 1.51. The van der Waals surface area contributed by atoms with Crippen molar-refractivity contribution in [2.24, 2.45) is 0 Å². The highest BCUT2D eigenvalue weighted by molar-refractivity contribution is 7.99. The maximum atomic E-state index is 10.6. The van der Waals surface area contributed by atoms with Crippen LogP contribution < -0.4 is 0 Å². The minimum Gasteiger partial charge on any atom is -0.461 e. The van der Waals surface area contributed by atoms with Crippen molar-refractivity contribution in [3.63, 3.8) is 0 Å². The number of thioether (sulfide) groups is 1. The third kappa shape index (κ3) is 2.10. The molecule has 0 unspecified atom stereocenters. The molecule has 1 heterocycles. The minimum atomic E-state index is -0.222. The van der Waals surface area contributed by atoms with Crippen LogP contribution in [0, 0.1) is 0 Å². The minimum absolute atomic E-state index is 0.222. The van der Waals surface area contributed by atoms with Gasteiger partial charge in [-0.25, -0.2) is 0 Å². The number of benzene rings is 1. The summed E-state index contributed by atoms with van der Waals surface area (Å²) in [5.41, 5.74) is 2.47. The lowest BCUT2D eigenvalue weighted by molar-refractivity contribution is -0.142. The molecule has 0 saturated heterocycles. The Labute approximate surface area is 87.6 Å². The van der Waals surface area contributed by atoms with Gasteiger partial charge < -0.3 is 4.74 Å². The number of rotatable bonds is 2. The summed E-state index contributed by atoms with van der Waals surface area (Å²) in [5, 5.41) is 0. The van der Waals surface area contributed by atoms with Crippen molar-refractivity contribution in [1.29, 1.82) is 0 Å². The van der Waals surface area contributed by atoms with E-state index in [1.165, 1.54) is 23.1 Å². The van der Waals surface area contributed by atoms with E-state index in [1.807, 2.05) is 17.8 Å². The SMILES string of the molecule is CC(=O)OCc1ccc2c(c1)CCS2. The molecule has 3 heteroatoms. The predicted molar refractivity (Wildman–Crippen MR) is 56.3 cm³/mol. The lowest BCUT2D eigenvalue weighted by Crippen LogP contribution is -1.99. The second kappa shape index (κ2) is 4.05. The highest BCUT2D eigenvalue weighted by Crippen LogP contribution is 2.31. The Morgan fingerprint density at radius 2 is 2.43 bits per heavy atom. The summed E-state index contributed by atoms with van der Waals surface area (Å²) in [4.78, 5) is 12.0. The smallest absolute Gasteiger partial charge is 0.302 e. The highest BCUT2D eigenvalue weighted by Gasteiger charge is 2.11. The maximum absolute atomic E-state index is 10.6. The van der Waals surface area contributed by atoms with Gasteiger partial charge in [-0.05, 0) is 23.6 Å². The Hall–Kier alpha value is -0.960. The standard InChI is InChI=1S/C11H12O2S/c1-8(12)13-7-9-2-3-11-10(6-9)4-5-14-11/h2-3,6H,4-5,7H2,1H3. The number of aryl methyl sites for hydroxylation is 1. The van der Waals surface area contributed by atoms with Crippen LogP contribution in [0.2, 0.25) is 0 Å². The van der Waals surface area contributed by atoms with Crippen LogP contribution in [0.25, 0.3) is 0 Å². The van der Waals surface area contributed by atoms with Crippen molar-refractivity contribution < 1.29 is 9.53 Å². The molecule has 2 nitrogen and oxygen atoms in total. The van der Waals surface area contributed by atoms with E-state index in [2.05, 4.69) is 12.1 Å². The van der Waals surface area contributed by atoms with E-state index in [9.17, 15) is 4.79 Å². The molecule has 0 atom stereocenters. The molecular weight excluding hydrogens is 196 g/mol. The van der Waals surface area contributed by atoms with Crippen LogP contribution in [-0.2, 0) is 22.6 Å². The monoisotopic (exact) mass is 208 g/mol. The largest absolute Gasteiger partial charge is 0.461 e. The van der Waals surface area contributed by atoms with Crippen molar-refractivity contribution >= 4 is 17.7 Å². The molecule has 0 radical (unpaired) electrons. The molecular formula is C11H12O2S. The lowest BCUT2D eigenvalue weighted by Gasteiger charge is -2.04. The topological polar surface area (TPSA) is 26.3 Å². The zero-order valence-corrected chi connectivity index (χ0v) is 8.89. The third-order valence-electron chi connectivity index (χ3n) is 2.20. The van der Waals surface area contributed by atoms with E-state index >= 15 is 0 Å². The van der Waals surface area contributed by atoms with Gasteiger partial charge in [-0.3, -0.25) is 4.79 Å². The molecule has 0 aromatic heterocycles. The summed E-state index contributed by atoms with van der Waals surface area (Å²) in [6.45, 7) is 1.83. The summed E-state index contributed by atoms with van der Waals surface area (Å²) >= 11 is 1.89. The molecule has 0 bridgehead atoms. The van der Waals surface area contributed by atoms with Crippen LogP contribution in [0.3, 0.4) is 0 Å². The number of carbonyl (C=O) groups excluding carboxylic acids is 1. The lowest BCUT2D eigenvalue weighted by atomic mass is 10.1. The third-order valence-corrected chi connectivity index (χ3v) is 3.31. The predicted octanol–water partition coefficient (Wildman–Crippen LogP) is 2.40. The Morgan fingerprint density at radius 1 is 1.57 bits per heavy atom. The van der Waals surface area contributed by atoms with E-state index < -0.39 is 0 Å². The van der Waals surface area contributed by atoms with Gasteiger partial charge in [0.25, 0.3) is 0 Å². The number of hydrogen-bond acceptors (Lipinski definition) is 3. The van der Waals surface area contributed by atoms with Crippen molar-refractivity contribution in [2.75, 3.05) is 5.75 Å². The van der Waals surface area contributed by atoms with E-state index in [1.54, 1.807) is 0 Å². The molecule has 1 aromatic carbocycles. The van der Waals surface area contributed by atoms with Crippen LogP contribution in [-0.4, -0.2) is 11.7 Å². The number of carbonyl (C=O) groups is 1. The normalized spacial score (nSPS) is 13.8. The van der Waals surface area contributed by atoms with Gasteiger partial charge in [0.2, 0.25) is 0 Å². The molecule has 0 amide bonds. The first-order valence-electron chi connectivity index (χ1n) is 4.63. The van der Waals surface area contributed by atoms with Gasteiger partial charge in [-0.1, -0.05) is 12.1 Å². The Bertz CT molecular complexity index is 360. The Morgan fingerprint density at radius 3 is 3.21 bits per heavy atom. The van der Waals surface area contributed by atoms with E-state index in [0.717, 1.165) is 12.0 Å². The van der Waals surface area contributed by atoms with Crippen molar-refractivity contribution in [1.82, 2.24) is 0 Å². The van der Waals surface area contributed by atoms with Crippen LogP contribution in [0.4, 0.5) is 0 Å². The van der Waals surface area contributed by atoms with E-state index in [0.29, 0.717) is 6.61 Å². The van der Waals surface area contributed by atoms with Gasteiger partial charge in [-0.15, -0.1) is 11.8 Å². The first-order valence-corrected chi connectivity index (χ1v) is 5.62. The Kier molecular flexibility index (Phi) is 2.77. The van der Waals surface area contributed by atoms with Gasteiger partial charge in [0, 0.05) is 17.6 Å². The maximum Gasteiger partial charge on any atom is 0.302 e. The molecule has 1 aliphatic heterocycles. The fourth-order valence-corrected chi connectivity index (χ4v) is 2.57. The van der Waals surface area contributed by atoms with Gasteiger partial charge in [0.1, 0.15) is 6.61 Å². The zero-order chi connectivity index (χ0) is 9.97. The van der Waals surface area contributed by atoms with Gasteiger partial charge in [0.15, 0.2) is 0 Å². The van der Waals surface area contributed by atoms with Crippen LogP contribution in [0.15, 0.2) is 23.1 Å². The summed E-state index contributed by atoms with van der Waals surface area (Å²) in [7, 11) is 0. The second-order valence-electron chi connectivity index (χ2n) is 3.32. The summed E-state index contributed by atoms with van der Waals surface area (Å²) in [6.07, 6.45) is 1.13. The molecule has 1 aromatic rings. The van der Waals surface area contributed by atoms with E-state index in [4.69, 9.17) is 4.74 Å². The molecule has 0 aliphatic carbocycles. The number of hydrogen-bond donors (Lipinski definition) is 0. The number of fused-ring (bicyclic) bond motifs is 1. The molecule has 0 N–H and O–H groups in total. The highest BCUT2D eigenvalue weighted by atomic mass is 32.2. The van der Waals surface area contributed by atoms with Crippen LogP contribution in [0.1, 0.15) is 18.1 Å². The van der Waals surface area contributed by atoms with Gasteiger partial charge in [-0.2, -0.15) is 0 Å². The van der Waals surface area contributed by atoms with Crippen molar-refractivity contribution in [3.8, 4) is 0 Å². The van der Waals surface area contributed by atoms with Crippen molar-refractivity contribution in [3.05, 3.63) is 29.3 Å². The molecule has 0 saturated carbocycles. The van der Waals surface area contributed by atoms with E-state index in [-0.39, 0.29) is 5.97 Å². The van der Waals surface area contributed by atoms with Gasteiger partial charge in [0.05, 0.1) is 0 Å². The molecule has 0 spiro atoms. The summed E-state index contributed by atoms with van der Waals surface area (Å²) in [6, 6.07) is 6.28. The molecule has 1 aliphatic rings. The fraction of sp³-hybridized carbons (Fsp3) is 0.364. The van der Waals surface area contributed by atoms with Crippen molar-refractivity contribution in [2.45, 2.75) is 24.8 Å². The van der Waals surface area contributed by atoms with Crippen LogP contribution >= 0.6 is 11.8 Å². The quantitative estimate of drug-likeness (QED) is 0.698. The zero-order valence-electron chi connectivity index (χ0n) is 8.08. The Balaban J connectivity index is 2.09. The second-order valence-corrected chi connectivity index (χ2v) is 4.46. The number of esters is 1. The molecule has 2 rings (SSSR count). The molecule has 0 fully saturated rings.